The first-order valence-electron chi connectivity index (χ1n) is 5.99. The summed E-state index contributed by atoms with van der Waals surface area (Å²) in [5, 5.41) is 2.57. The molecule has 0 spiro atoms. The lowest BCUT2D eigenvalue weighted by atomic mass is 10.2. The van der Waals surface area contributed by atoms with E-state index >= 15 is 0 Å². The van der Waals surface area contributed by atoms with E-state index in [0.29, 0.717) is 22.8 Å². The molecule has 0 atom stereocenters. The van der Waals surface area contributed by atoms with Crippen molar-refractivity contribution >= 4 is 11.6 Å². The number of halogens is 3. The second-order valence-electron chi connectivity index (χ2n) is 4.35. The fourth-order valence-corrected chi connectivity index (χ4v) is 1.79. The molecule has 4 nitrogen and oxygen atoms in total. The molecule has 1 aromatic heterocycles. The molecule has 0 unspecified atom stereocenters. The quantitative estimate of drug-likeness (QED) is 0.930. The van der Waals surface area contributed by atoms with Gasteiger partial charge in [0.1, 0.15) is 17.3 Å². The molecule has 7 heteroatoms. The molecule has 112 valence electrons. The third-order valence-electron chi connectivity index (χ3n) is 2.63. The van der Waals surface area contributed by atoms with Crippen molar-refractivity contribution in [2.24, 2.45) is 0 Å². The molecule has 0 bridgehead atoms. The van der Waals surface area contributed by atoms with E-state index in [1.807, 2.05) is 0 Å². The molecule has 0 saturated carbocycles. The zero-order chi connectivity index (χ0) is 15.6. The van der Waals surface area contributed by atoms with Gasteiger partial charge < -0.3 is 14.5 Å². The number of carbonyl (C=O) groups excluding carboxylic acids is 1. The molecular weight excluding hydrogens is 287 g/mol. The SMILES string of the molecule is Cc1cc(C(=O)Nc2ccc(OC(F)(F)F)cc2)c(C)o1. The Balaban J connectivity index is 2.07. The van der Waals surface area contributed by atoms with Crippen LogP contribution in [-0.4, -0.2) is 12.3 Å². The highest BCUT2D eigenvalue weighted by atomic mass is 19.4. The highest BCUT2D eigenvalue weighted by Crippen LogP contribution is 2.24. The normalized spacial score (nSPS) is 11.3. The molecule has 0 aliphatic heterocycles. The van der Waals surface area contributed by atoms with Gasteiger partial charge in [-0.25, -0.2) is 0 Å². The van der Waals surface area contributed by atoms with E-state index in [9.17, 15) is 18.0 Å². The van der Waals surface area contributed by atoms with Crippen LogP contribution in [0.15, 0.2) is 34.7 Å². The lowest BCUT2D eigenvalue weighted by molar-refractivity contribution is -0.274. The minimum Gasteiger partial charge on any atom is -0.466 e. The van der Waals surface area contributed by atoms with E-state index in [4.69, 9.17) is 4.42 Å². The van der Waals surface area contributed by atoms with Gasteiger partial charge in [0.15, 0.2) is 0 Å². The maximum atomic E-state index is 12.0. The third kappa shape index (κ3) is 4.01. The minimum atomic E-state index is -4.74. The van der Waals surface area contributed by atoms with Crippen LogP contribution in [0.25, 0.3) is 0 Å². The van der Waals surface area contributed by atoms with Gasteiger partial charge in [-0.05, 0) is 44.2 Å². The second-order valence-corrected chi connectivity index (χ2v) is 4.35. The van der Waals surface area contributed by atoms with E-state index in [0.717, 1.165) is 12.1 Å². The van der Waals surface area contributed by atoms with E-state index in [2.05, 4.69) is 10.1 Å². The fraction of sp³-hybridized carbons (Fsp3) is 0.214. The van der Waals surface area contributed by atoms with Gasteiger partial charge in [-0.1, -0.05) is 0 Å². The molecule has 1 amide bonds. The van der Waals surface area contributed by atoms with Crippen LogP contribution in [0.3, 0.4) is 0 Å². The Morgan fingerprint density at radius 1 is 1.19 bits per heavy atom. The fourth-order valence-electron chi connectivity index (χ4n) is 1.79. The average Bonchev–Trinajstić information content (AvgIpc) is 2.69. The first-order valence-corrected chi connectivity index (χ1v) is 5.99. The molecule has 0 radical (unpaired) electrons. The van der Waals surface area contributed by atoms with Gasteiger partial charge in [-0.15, -0.1) is 13.2 Å². The summed E-state index contributed by atoms with van der Waals surface area (Å²) in [6.45, 7) is 3.37. The summed E-state index contributed by atoms with van der Waals surface area (Å²) in [6, 6.07) is 6.47. The van der Waals surface area contributed by atoms with Crippen molar-refractivity contribution in [3.8, 4) is 5.75 Å². The Morgan fingerprint density at radius 2 is 1.81 bits per heavy atom. The molecular formula is C14H12F3NO3. The topological polar surface area (TPSA) is 51.5 Å². The monoisotopic (exact) mass is 299 g/mol. The van der Waals surface area contributed by atoms with E-state index < -0.39 is 12.3 Å². The maximum Gasteiger partial charge on any atom is 0.573 e. The Hall–Kier alpha value is -2.44. The zero-order valence-electron chi connectivity index (χ0n) is 11.2. The van der Waals surface area contributed by atoms with Crippen LogP contribution in [0.2, 0.25) is 0 Å². The van der Waals surface area contributed by atoms with Gasteiger partial charge in [0.2, 0.25) is 0 Å². The van der Waals surface area contributed by atoms with Crippen molar-refractivity contribution in [3.05, 3.63) is 47.4 Å². The summed E-state index contributed by atoms with van der Waals surface area (Å²) in [6.07, 6.45) is -4.74. The van der Waals surface area contributed by atoms with Crippen LogP contribution in [-0.2, 0) is 0 Å². The Labute approximate surface area is 118 Å². The van der Waals surface area contributed by atoms with Crippen LogP contribution >= 0.6 is 0 Å². The number of carbonyl (C=O) groups is 1. The van der Waals surface area contributed by atoms with E-state index in [1.54, 1.807) is 19.9 Å². The molecule has 2 aromatic rings. The van der Waals surface area contributed by atoms with Crippen LogP contribution in [0.1, 0.15) is 21.9 Å². The highest BCUT2D eigenvalue weighted by molar-refractivity contribution is 6.05. The minimum absolute atomic E-state index is 0.351. The van der Waals surface area contributed by atoms with Crippen molar-refractivity contribution in [1.29, 1.82) is 0 Å². The number of amides is 1. The zero-order valence-corrected chi connectivity index (χ0v) is 11.2. The van der Waals surface area contributed by atoms with Crippen LogP contribution < -0.4 is 10.1 Å². The van der Waals surface area contributed by atoms with Gasteiger partial charge in [-0.3, -0.25) is 4.79 Å². The summed E-state index contributed by atoms with van der Waals surface area (Å²) in [5.41, 5.74) is 0.732. The van der Waals surface area contributed by atoms with Gasteiger partial charge in [0, 0.05) is 5.69 Å². The molecule has 0 aliphatic rings. The number of hydrogen-bond donors (Lipinski definition) is 1. The van der Waals surface area contributed by atoms with Crippen molar-refractivity contribution in [2.45, 2.75) is 20.2 Å². The molecule has 2 rings (SSSR count). The summed E-state index contributed by atoms with van der Waals surface area (Å²) in [4.78, 5) is 12.0. The number of nitrogens with one attached hydrogen (secondary N) is 1. The first-order chi connectivity index (χ1) is 9.74. The van der Waals surface area contributed by atoms with Gasteiger partial charge in [-0.2, -0.15) is 0 Å². The molecule has 1 heterocycles. The lowest BCUT2D eigenvalue weighted by Gasteiger charge is -2.09. The van der Waals surface area contributed by atoms with Crippen molar-refractivity contribution in [2.75, 3.05) is 5.32 Å². The largest absolute Gasteiger partial charge is 0.573 e. The van der Waals surface area contributed by atoms with Crippen molar-refractivity contribution in [3.63, 3.8) is 0 Å². The molecule has 0 saturated heterocycles. The average molecular weight is 299 g/mol. The predicted octanol–water partition coefficient (Wildman–Crippen LogP) is 4.05. The Kier molecular flexibility index (Phi) is 3.93. The van der Waals surface area contributed by atoms with Crippen LogP contribution in [0.4, 0.5) is 18.9 Å². The molecule has 21 heavy (non-hydrogen) atoms. The number of aryl methyl sites for hydroxylation is 2. The van der Waals surface area contributed by atoms with Crippen molar-refractivity contribution < 1.29 is 27.1 Å². The number of rotatable bonds is 3. The molecule has 0 aliphatic carbocycles. The van der Waals surface area contributed by atoms with E-state index in [-0.39, 0.29) is 5.75 Å². The lowest BCUT2D eigenvalue weighted by Crippen LogP contribution is -2.17. The van der Waals surface area contributed by atoms with Crippen LogP contribution in [0, 0.1) is 13.8 Å². The van der Waals surface area contributed by atoms with Gasteiger partial charge >= 0.3 is 6.36 Å². The Morgan fingerprint density at radius 3 is 2.29 bits per heavy atom. The number of hydrogen-bond acceptors (Lipinski definition) is 3. The standard InChI is InChI=1S/C14H12F3NO3/c1-8-7-12(9(2)20-8)13(19)18-10-3-5-11(6-4-10)21-14(15,16)17/h3-7H,1-2H3,(H,18,19). The smallest absolute Gasteiger partial charge is 0.466 e. The number of anilines is 1. The summed E-state index contributed by atoms with van der Waals surface area (Å²) in [7, 11) is 0. The maximum absolute atomic E-state index is 12.0. The molecule has 0 fully saturated rings. The molecule has 1 aromatic carbocycles. The number of benzene rings is 1. The third-order valence-corrected chi connectivity index (χ3v) is 2.63. The first kappa shape index (κ1) is 15.0. The summed E-state index contributed by atoms with van der Waals surface area (Å²) in [5.74, 6) is 0.332. The number of furan rings is 1. The second kappa shape index (κ2) is 5.51. The Bertz CT molecular complexity index is 644. The molecule has 1 N–H and O–H groups in total. The number of ether oxygens (including phenoxy) is 1. The van der Waals surface area contributed by atoms with Crippen LogP contribution in [0.5, 0.6) is 5.75 Å². The van der Waals surface area contributed by atoms with Gasteiger partial charge in [0.25, 0.3) is 5.91 Å². The summed E-state index contributed by atoms with van der Waals surface area (Å²) < 4.78 is 45.0. The highest BCUT2D eigenvalue weighted by Gasteiger charge is 2.30. The van der Waals surface area contributed by atoms with Crippen molar-refractivity contribution in [1.82, 2.24) is 0 Å². The summed E-state index contributed by atoms with van der Waals surface area (Å²) >= 11 is 0. The van der Waals surface area contributed by atoms with E-state index in [1.165, 1.54) is 12.1 Å². The number of alkyl halides is 3. The predicted molar refractivity (Wildman–Crippen MR) is 69.3 cm³/mol. The van der Waals surface area contributed by atoms with Gasteiger partial charge in [0.05, 0.1) is 5.56 Å².